The summed E-state index contributed by atoms with van der Waals surface area (Å²) >= 11 is 0. The summed E-state index contributed by atoms with van der Waals surface area (Å²) < 4.78 is 16.8. The van der Waals surface area contributed by atoms with E-state index in [1.807, 2.05) is 18.2 Å². The Balaban J connectivity index is 0.000000509. The second-order valence-corrected chi connectivity index (χ2v) is 7.97. The van der Waals surface area contributed by atoms with E-state index in [0.29, 0.717) is 6.61 Å². The van der Waals surface area contributed by atoms with Gasteiger partial charge in [0.25, 0.3) is 0 Å². The number of hydrogen-bond donors (Lipinski definition) is 2. The predicted molar refractivity (Wildman–Crippen MR) is 130 cm³/mol. The lowest BCUT2D eigenvalue weighted by Crippen LogP contribution is -2.30. The van der Waals surface area contributed by atoms with Crippen molar-refractivity contribution in [1.82, 2.24) is 4.90 Å². The van der Waals surface area contributed by atoms with E-state index in [-0.39, 0.29) is 0 Å². The zero-order chi connectivity index (χ0) is 25.2. The van der Waals surface area contributed by atoms with Gasteiger partial charge in [-0.3, -0.25) is 4.90 Å². The minimum atomic E-state index is -1.82. The van der Waals surface area contributed by atoms with E-state index < -0.39 is 11.9 Å². The second-order valence-electron chi connectivity index (χ2n) is 7.97. The van der Waals surface area contributed by atoms with Gasteiger partial charge in [-0.15, -0.1) is 0 Å². The molecule has 1 aliphatic heterocycles. The Bertz CT molecular complexity index is 1120. The third kappa shape index (κ3) is 7.48. The minimum absolute atomic E-state index is 0.592. The highest BCUT2D eigenvalue weighted by molar-refractivity contribution is 6.27. The summed E-state index contributed by atoms with van der Waals surface area (Å²) in [6.07, 6.45) is 1.02. The first-order chi connectivity index (χ1) is 16.9. The highest BCUT2D eigenvalue weighted by Crippen LogP contribution is 2.33. The Morgan fingerprint density at radius 1 is 0.829 bits per heavy atom. The summed E-state index contributed by atoms with van der Waals surface area (Å²) in [5, 5.41) is 14.8. The van der Waals surface area contributed by atoms with Crippen LogP contribution >= 0.6 is 0 Å². The van der Waals surface area contributed by atoms with Crippen LogP contribution in [0.5, 0.6) is 17.2 Å². The largest absolute Gasteiger partial charge is 0.493 e. The van der Waals surface area contributed by atoms with Crippen LogP contribution in [0, 0.1) is 0 Å². The van der Waals surface area contributed by atoms with Gasteiger partial charge < -0.3 is 24.4 Å². The Hall–Kier alpha value is -4.04. The lowest BCUT2D eigenvalue weighted by atomic mass is 9.98. The molecule has 0 unspecified atom stereocenters. The molecule has 0 aliphatic carbocycles. The molecule has 3 aromatic carbocycles. The van der Waals surface area contributed by atoms with Crippen LogP contribution in [0.15, 0.2) is 66.7 Å². The fraction of sp³-hybridized carbons (Fsp3) is 0.259. The van der Waals surface area contributed by atoms with Crippen molar-refractivity contribution in [3.05, 3.63) is 89.0 Å². The maximum Gasteiger partial charge on any atom is 0.414 e. The molecule has 0 aromatic heterocycles. The van der Waals surface area contributed by atoms with Gasteiger partial charge in [-0.05, 0) is 52.9 Å². The number of carbonyl (C=O) groups is 2. The van der Waals surface area contributed by atoms with Crippen molar-refractivity contribution in [1.29, 1.82) is 0 Å². The molecule has 0 fully saturated rings. The molecule has 4 rings (SSSR count). The van der Waals surface area contributed by atoms with Crippen molar-refractivity contribution >= 4 is 11.9 Å². The molecule has 1 aliphatic rings. The number of fused-ring (bicyclic) bond motifs is 1. The fourth-order valence-corrected chi connectivity index (χ4v) is 3.77. The van der Waals surface area contributed by atoms with Gasteiger partial charge in [-0.2, -0.15) is 0 Å². The van der Waals surface area contributed by atoms with E-state index in [9.17, 15) is 0 Å². The summed E-state index contributed by atoms with van der Waals surface area (Å²) in [4.78, 5) is 20.7. The standard InChI is InChI=1S/C25H27NO3.C2H2O4/c1-27-24-14-21-12-13-26(17-22(21)15-25(24)28-2)16-19-8-10-23(11-9-19)29-18-20-6-4-3-5-7-20;3-1(4)2(5)6/h3-11,14-15H,12-13,16-18H2,1-2H3;(H,3,4)(H,5,6). The number of carboxylic acids is 2. The first kappa shape index (κ1) is 25.6. The Morgan fingerprint density at radius 3 is 2.00 bits per heavy atom. The smallest absolute Gasteiger partial charge is 0.414 e. The zero-order valence-electron chi connectivity index (χ0n) is 19.8. The Kier molecular flexibility index (Phi) is 9.09. The van der Waals surface area contributed by atoms with Crippen LogP contribution in [0.1, 0.15) is 22.3 Å². The maximum atomic E-state index is 9.10. The topological polar surface area (TPSA) is 106 Å². The molecule has 3 aromatic rings. The molecule has 0 saturated carbocycles. The summed E-state index contributed by atoms with van der Waals surface area (Å²) in [5.41, 5.74) is 5.14. The van der Waals surface area contributed by atoms with E-state index in [0.717, 1.165) is 43.3 Å². The number of ether oxygens (including phenoxy) is 3. The molecule has 0 spiro atoms. The van der Waals surface area contributed by atoms with E-state index >= 15 is 0 Å². The lowest BCUT2D eigenvalue weighted by Gasteiger charge is -2.29. The lowest BCUT2D eigenvalue weighted by molar-refractivity contribution is -0.159. The first-order valence-corrected chi connectivity index (χ1v) is 11.1. The van der Waals surface area contributed by atoms with Crippen LogP contribution < -0.4 is 14.2 Å². The van der Waals surface area contributed by atoms with Gasteiger partial charge in [0.2, 0.25) is 0 Å². The number of benzene rings is 3. The van der Waals surface area contributed by atoms with Gasteiger partial charge >= 0.3 is 11.9 Å². The van der Waals surface area contributed by atoms with Crippen LogP contribution in [0.2, 0.25) is 0 Å². The van der Waals surface area contributed by atoms with Gasteiger partial charge in [0, 0.05) is 19.6 Å². The number of methoxy groups -OCH3 is 2. The van der Waals surface area contributed by atoms with Crippen molar-refractivity contribution in [2.75, 3.05) is 20.8 Å². The van der Waals surface area contributed by atoms with E-state index in [1.165, 1.54) is 22.3 Å². The molecular formula is C27H29NO7. The van der Waals surface area contributed by atoms with Crippen LogP contribution in [0.3, 0.4) is 0 Å². The highest BCUT2D eigenvalue weighted by atomic mass is 16.5. The van der Waals surface area contributed by atoms with Crippen LogP contribution in [0.4, 0.5) is 0 Å². The molecule has 0 radical (unpaired) electrons. The molecule has 0 saturated heterocycles. The van der Waals surface area contributed by atoms with Crippen LogP contribution in [-0.4, -0.2) is 47.8 Å². The van der Waals surface area contributed by atoms with Gasteiger partial charge in [0.05, 0.1) is 14.2 Å². The van der Waals surface area contributed by atoms with Crippen molar-refractivity contribution in [3.63, 3.8) is 0 Å². The number of carboxylic acid groups (broad SMARTS) is 2. The van der Waals surface area contributed by atoms with Crippen molar-refractivity contribution in [2.24, 2.45) is 0 Å². The third-order valence-electron chi connectivity index (χ3n) is 5.56. The third-order valence-corrected chi connectivity index (χ3v) is 5.56. The second kappa shape index (κ2) is 12.4. The van der Waals surface area contributed by atoms with Crippen molar-refractivity contribution in [3.8, 4) is 17.2 Å². The molecule has 2 N–H and O–H groups in total. The fourth-order valence-electron chi connectivity index (χ4n) is 3.77. The average Bonchev–Trinajstić information content (AvgIpc) is 2.88. The number of nitrogens with zero attached hydrogens (tertiary/aromatic N) is 1. The molecule has 0 bridgehead atoms. The van der Waals surface area contributed by atoms with E-state index in [2.05, 4.69) is 53.4 Å². The normalized spacial score (nSPS) is 12.5. The molecular weight excluding hydrogens is 450 g/mol. The molecule has 184 valence electrons. The first-order valence-electron chi connectivity index (χ1n) is 11.1. The molecule has 8 nitrogen and oxygen atoms in total. The molecule has 35 heavy (non-hydrogen) atoms. The zero-order valence-corrected chi connectivity index (χ0v) is 19.8. The molecule has 0 amide bonds. The van der Waals surface area contributed by atoms with Gasteiger partial charge in [-0.1, -0.05) is 42.5 Å². The van der Waals surface area contributed by atoms with Crippen molar-refractivity contribution < 1.29 is 34.0 Å². The molecule has 0 atom stereocenters. The van der Waals surface area contributed by atoms with Crippen molar-refractivity contribution in [2.45, 2.75) is 26.1 Å². The van der Waals surface area contributed by atoms with Crippen LogP contribution in [-0.2, 0) is 35.7 Å². The predicted octanol–water partition coefficient (Wildman–Crippen LogP) is 4.00. The van der Waals surface area contributed by atoms with E-state index in [1.54, 1.807) is 14.2 Å². The maximum absolute atomic E-state index is 9.10. The number of hydrogen-bond acceptors (Lipinski definition) is 6. The molecule has 1 heterocycles. The molecule has 8 heteroatoms. The van der Waals surface area contributed by atoms with Crippen LogP contribution in [0.25, 0.3) is 0 Å². The van der Waals surface area contributed by atoms with Gasteiger partial charge in [0.15, 0.2) is 11.5 Å². The quantitative estimate of drug-likeness (QED) is 0.490. The Labute approximate surface area is 204 Å². The highest BCUT2D eigenvalue weighted by Gasteiger charge is 2.19. The summed E-state index contributed by atoms with van der Waals surface area (Å²) in [6, 6.07) is 22.9. The monoisotopic (exact) mass is 479 g/mol. The number of aliphatic carboxylic acids is 2. The summed E-state index contributed by atoms with van der Waals surface area (Å²) in [7, 11) is 3.37. The van der Waals surface area contributed by atoms with Gasteiger partial charge in [0.1, 0.15) is 12.4 Å². The average molecular weight is 480 g/mol. The Morgan fingerprint density at radius 2 is 1.43 bits per heavy atom. The number of rotatable bonds is 7. The van der Waals surface area contributed by atoms with E-state index in [4.69, 9.17) is 34.0 Å². The SMILES string of the molecule is COc1cc2c(cc1OC)CN(Cc1ccc(OCc3ccccc3)cc1)CC2.O=C(O)C(=O)O. The summed E-state index contributed by atoms with van der Waals surface area (Å²) in [6.45, 7) is 3.47. The minimum Gasteiger partial charge on any atom is -0.493 e. The van der Waals surface area contributed by atoms with Gasteiger partial charge in [-0.25, -0.2) is 9.59 Å². The summed E-state index contributed by atoms with van der Waals surface area (Å²) in [5.74, 6) is -1.14.